The van der Waals surface area contributed by atoms with Crippen molar-refractivity contribution in [1.29, 1.82) is 0 Å². The van der Waals surface area contributed by atoms with E-state index in [0.29, 0.717) is 23.3 Å². The van der Waals surface area contributed by atoms with Crippen molar-refractivity contribution in [2.75, 3.05) is 0 Å². The van der Waals surface area contributed by atoms with Gasteiger partial charge in [-0.15, -0.1) is 0 Å². The van der Waals surface area contributed by atoms with Crippen molar-refractivity contribution < 1.29 is 23.8 Å². The first kappa shape index (κ1) is 19.5. The van der Waals surface area contributed by atoms with E-state index < -0.39 is 29.6 Å². The fourth-order valence-corrected chi connectivity index (χ4v) is 2.59. The van der Waals surface area contributed by atoms with Gasteiger partial charge in [-0.3, -0.25) is 4.79 Å². The van der Waals surface area contributed by atoms with Crippen molar-refractivity contribution in [2.24, 2.45) is 0 Å². The quantitative estimate of drug-likeness (QED) is 0.744. The van der Waals surface area contributed by atoms with Crippen molar-refractivity contribution in [2.45, 2.75) is 52.7 Å². The first-order valence-corrected chi connectivity index (χ1v) is 8.46. The second kappa shape index (κ2) is 8.03. The third-order valence-electron chi connectivity index (χ3n) is 4.29. The number of fused-ring (bicyclic) bond motifs is 1. The summed E-state index contributed by atoms with van der Waals surface area (Å²) in [5.74, 6) is -1.55. The molecule has 1 amide bonds. The lowest BCUT2D eigenvalue weighted by atomic mass is 10.1. The first-order chi connectivity index (χ1) is 12.2. The number of nitrogens with one attached hydrogen (secondary N) is 1. The molecule has 1 aromatic heterocycles. The number of carbonyl (C=O) groups is 2. The van der Waals surface area contributed by atoms with Gasteiger partial charge in [-0.05, 0) is 44.9 Å². The maximum Gasteiger partial charge on any atom is 0.339 e. The van der Waals surface area contributed by atoms with Crippen molar-refractivity contribution in [1.82, 2.24) is 5.32 Å². The standard InChI is InChI=1S/C19H23NO6/c1-5-6-15(18(22)23)20-17(21)12(4)25-13-7-8-14-10(2)11(3)19(24)26-16(14)9-13/h7-9,12,15H,5-6H2,1-4H3,(H,20,21)(H,22,23)/p-1/t12-,15-/m1/s1. The van der Waals surface area contributed by atoms with E-state index in [0.717, 1.165) is 10.9 Å². The summed E-state index contributed by atoms with van der Waals surface area (Å²) in [5, 5.41) is 14.2. The van der Waals surface area contributed by atoms with Crippen LogP contribution >= 0.6 is 0 Å². The minimum absolute atomic E-state index is 0.278. The lowest BCUT2D eigenvalue weighted by molar-refractivity contribution is -0.308. The smallest absolute Gasteiger partial charge is 0.339 e. The van der Waals surface area contributed by atoms with Gasteiger partial charge < -0.3 is 24.4 Å². The molecule has 1 heterocycles. The molecule has 1 N–H and O–H groups in total. The number of rotatable bonds is 7. The highest BCUT2D eigenvalue weighted by atomic mass is 16.5. The Labute approximate surface area is 151 Å². The molecule has 26 heavy (non-hydrogen) atoms. The number of aliphatic carboxylic acids is 1. The molecule has 0 aliphatic rings. The maximum absolute atomic E-state index is 12.2. The van der Waals surface area contributed by atoms with Gasteiger partial charge in [-0.2, -0.15) is 0 Å². The van der Waals surface area contributed by atoms with Crippen molar-refractivity contribution in [3.8, 4) is 5.75 Å². The van der Waals surface area contributed by atoms with E-state index >= 15 is 0 Å². The molecule has 0 aliphatic heterocycles. The van der Waals surface area contributed by atoms with Gasteiger partial charge in [0.25, 0.3) is 5.91 Å². The van der Waals surface area contributed by atoms with Crippen LogP contribution in [0.3, 0.4) is 0 Å². The number of amides is 1. The molecule has 0 aliphatic carbocycles. The van der Waals surface area contributed by atoms with Crippen molar-refractivity contribution in [3.05, 3.63) is 39.7 Å². The number of ether oxygens (including phenoxy) is 1. The van der Waals surface area contributed by atoms with Gasteiger partial charge in [0.15, 0.2) is 6.10 Å². The number of carboxylic acids is 1. The molecule has 0 spiro atoms. The summed E-state index contributed by atoms with van der Waals surface area (Å²) in [6, 6.07) is 3.90. The molecule has 2 atom stereocenters. The van der Waals surface area contributed by atoms with Gasteiger partial charge >= 0.3 is 5.63 Å². The van der Waals surface area contributed by atoms with Crippen LogP contribution in [0.15, 0.2) is 27.4 Å². The highest BCUT2D eigenvalue weighted by Crippen LogP contribution is 2.24. The van der Waals surface area contributed by atoms with E-state index in [2.05, 4.69) is 5.32 Å². The van der Waals surface area contributed by atoms with E-state index in [4.69, 9.17) is 9.15 Å². The Balaban J connectivity index is 2.17. The second-order valence-electron chi connectivity index (χ2n) is 6.23. The SMILES string of the molecule is CCC[C@@H](NC(=O)[C@@H](C)Oc1ccc2c(C)c(C)c(=O)oc2c1)C(=O)[O-]. The fraction of sp³-hybridized carbons (Fsp3) is 0.421. The van der Waals surface area contributed by atoms with Gasteiger partial charge in [-0.25, -0.2) is 4.79 Å². The van der Waals surface area contributed by atoms with E-state index in [9.17, 15) is 19.5 Å². The molecule has 0 saturated carbocycles. The number of benzene rings is 1. The lowest BCUT2D eigenvalue weighted by Gasteiger charge is -2.22. The topological polar surface area (TPSA) is 109 Å². The number of hydrogen-bond donors (Lipinski definition) is 1. The first-order valence-electron chi connectivity index (χ1n) is 8.46. The fourth-order valence-electron chi connectivity index (χ4n) is 2.59. The monoisotopic (exact) mass is 360 g/mol. The predicted molar refractivity (Wildman–Crippen MR) is 93.9 cm³/mol. The second-order valence-corrected chi connectivity index (χ2v) is 6.23. The summed E-state index contributed by atoms with van der Waals surface area (Å²) in [6.07, 6.45) is -0.0542. The highest BCUT2D eigenvalue weighted by molar-refractivity contribution is 5.86. The molecule has 0 radical (unpaired) electrons. The minimum atomic E-state index is -1.33. The zero-order chi connectivity index (χ0) is 19.4. The summed E-state index contributed by atoms with van der Waals surface area (Å²) in [6.45, 7) is 6.85. The van der Waals surface area contributed by atoms with Crippen molar-refractivity contribution in [3.63, 3.8) is 0 Å². The van der Waals surface area contributed by atoms with E-state index in [-0.39, 0.29) is 6.42 Å². The molecule has 0 unspecified atom stereocenters. The third-order valence-corrected chi connectivity index (χ3v) is 4.29. The minimum Gasteiger partial charge on any atom is -0.548 e. The van der Waals surface area contributed by atoms with Crippen LogP contribution in [0.2, 0.25) is 0 Å². The Morgan fingerprint density at radius 3 is 2.58 bits per heavy atom. The Kier molecular flexibility index (Phi) is 6.02. The molecule has 140 valence electrons. The van der Waals surface area contributed by atoms with Crippen LogP contribution in [0.25, 0.3) is 11.0 Å². The Morgan fingerprint density at radius 2 is 1.96 bits per heavy atom. The normalized spacial score (nSPS) is 13.2. The molecule has 0 saturated heterocycles. The van der Waals surface area contributed by atoms with Gasteiger partial charge in [0.2, 0.25) is 0 Å². The molecule has 1 aromatic carbocycles. The molecular formula is C19H22NO6-. The Morgan fingerprint density at radius 1 is 1.27 bits per heavy atom. The summed E-state index contributed by atoms with van der Waals surface area (Å²) < 4.78 is 10.8. The van der Waals surface area contributed by atoms with Gasteiger partial charge in [-0.1, -0.05) is 13.3 Å². The van der Waals surface area contributed by atoms with Crippen molar-refractivity contribution >= 4 is 22.8 Å². The van der Waals surface area contributed by atoms with Crippen LogP contribution in [0.5, 0.6) is 5.75 Å². The van der Waals surface area contributed by atoms with Crippen LogP contribution in [0.4, 0.5) is 0 Å². The average molecular weight is 360 g/mol. The van der Waals surface area contributed by atoms with Crippen LogP contribution in [-0.4, -0.2) is 24.0 Å². The zero-order valence-electron chi connectivity index (χ0n) is 15.3. The maximum atomic E-state index is 12.2. The zero-order valence-corrected chi connectivity index (χ0v) is 15.3. The van der Waals surface area contributed by atoms with Crippen LogP contribution in [0.1, 0.15) is 37.8 Å². The van der Waals surface area contributed by atoms with E-state index in [1.165, 1.54) is 13.0 Å². The average Bonchev–Trinajstić information content (AvgIpc) is 2.59. The molecule has 2 aromatic rings. The number of carboxylic acid groups (broad SMARTS) is 1. The molecule has 2 rings (SSSR count). The van der Waals surface area contributed by atoms with Crippen LogP contribution in [0, 0.1) is 13.8 Å². The van der Waals surface area contributed by atoms with E-state index in [1.807, 2.05) is 13.8 Å². The largest absolute Gasteiger partial charge is 0.548 e. The van der Waals surface area contributed by atoms with Crippen LogP contribution in [-0.2, 0) is 9.59 Å². The third kappa shape index (κ3) is 4.22. The summed E-state index contributed by atoms with van der Waals surface area (Å²) in [4.78, 5) is 35.0. The summed E-state index contributed by atoms with van der Waals surface area (Å²) in [5.41, 5.74) is 1.31. The number of carbonyl (C=O) groups excluding carboxylic acids is 2. The molecule has 7 heteroatoms. The summed E-state index contributed by atoms with van der Waals surface area (Å²) in [7, 11) is 0. The molecule has 0 fully saturated rings. The number of aryl methyl sites for hydroxylation is 1. The molecule has 7 nitrogen and oxygen atoms in total. The molecular weight excluding hydrogens is 338 g/mol. The molecule has 0 bridgehead atoms. The number of hydrogen-bond acceptors (Lipinski definition) is 6. The van der Waals surface area contributed by atoms with Gasteiger partial charge in [0.1, 0.15) is 11.3 Å². The van der Waals surface area contributed by atoms with Crippen LogP contribution < -0.4 is 20.8 Å². The highest BCUT2D eigenvalue weighted by Gasteiger charge is 2.20. The van der Waals surface area contributed by atoms with Gasteiger partial charge in [0.05, 0.1) is 12.0 Å². The van der Waals surface area contributed by atoms with Gasteiger partial charge in [0, 0.05) is 17.0 Å². The lowest BCUT2D eigenvalue weighted by Crippen LogP contribution is -2.51. The summed E-state index contributed by atoms with van der Waals surface area (Å²) >= 11 is 0. The Hall–Kier alpha value is -2.83. The Bertz CT molecular complexity index is 885. The van der Waals surface area contributed by atoms with E-state index in [1.54, 1.807) is 19.1 Å². The predicted octanol–water partition coefficient (Wildman–Crippen LogP) is 1.21.